The minimum atomic E-state index is -0.226. The first-order valence-electron chi connectivity index (χ1n) is 11.0. The summed E-state index contributed by atoms with van der Waals surface area (Å²) in [6, 6.07) is 3.78. The summed E-state index contributed by atoms with van der Waals surface area (Å²) in [7, 11) is 0. The molecule has 0 bridgehead atoms. The highest BCUT2D eigenvalue weighted by molar-refractivity contribution is 8.03. The third-order valence-corrected chi connectivity index (χ3v) is 6.71. The third-order valence-electron chi connectivity index (χ3n) is 5.90. The van der Waals surface area contributed by atoms with Gasteiger partial charge in [0.2, 0.25) is 0 Å². The number of benzene rings is 1. The summed E-state index contributed by atoms with van der Waals surface area (Å²) in [6.07, 6.45) is 11.6. The topological polar surface area (TPSA) is 23.8 Å². The highest BCUT2D eigenvalue weighted by Gasteiger charge is 2.28. The molecule has 2 rings (SSSR count). The molecule has 1 unspecified atom stereocenters. The number of thioether (sulfide) groups is 1. The largest absolute Gasteiger partial charge is 0.206 e. The molecule has 0 N–H and O–H groups in total. The van der Waals surface area contributed by atoms with E-state index < -0.39 is 0 Å². The van der Waals surface area contributed by atoms with Crippen molar-refractivity contribution in [3.63, 3.8) is 0 Å². The van der Waals surface area contributed by atoms with Crippen LogP contribution in [0.3, 0.4) is 0 Å². The smallest absolute Gasteiger partial charge is 0.138 e. The average molecular weight is 392 g/mol. The van der Waals surface area contributed by atoms with Gasteiger partial charge >= 0.3 is 0 Å². The number of rotatable bonds is 8. The van der Waals surface area contributed by atoms with E-state index in [2.05, 4.69) is 19.9 Å². The third kappa shape index (κ3) is 7.15. The van der Waals surface area contributed by atoms with Crippen molar-refractivity contribution in [2.45, 2.75) is 103 Å². The zero-order valence-electron chi connectivity index (χ0n) is 18.0. The standard InChI is InChI=1S/C22H32FNS.C2H6/c1-4-6-8-17(7-5-2)18-9-11-19(12-10-18)20-13-16(3)22(25-15-24)21(23)14-20;1-2/h13-14,17-19H,4-12H2,1-3H3;1-2H3. The molecule has 1 nitrogen and oxygen atoms in total. The molecule has 0 aromatic heterocycles. The van der Waals surface area contributed by atoms with Gasteiger partial charge in [-0.05, 0) is 79.3 Å². The van der Waals surface area contributed by atoms with Gasteiger partial charge in [0.15, 0.2) is 0 Å². The van der Waals surface area contributed by atoms with Crippen LogP contribution < -0.4 is 0 Å². The van der Waals surface area contributed by atoms with Crippen LogP contribution in [0.4, 0.5) is 4.39 Å². The first kappa shape index (κ1) is 24.0. The Balaban J connectivity index is 0.00000176. The maximum atomic E-state index is 14.3. The molecule has 27 heavy (non-hydrogen) atoms. The summed E-state index contributed by atoms with van der Waals surface area (Å²) in [6.45, 7) is 10.5. The summed E-state index contributed by atoms with van der Waals surface area (Å²) >= 11 is 0.932. The molecule has 152 valence electrons. The van der Waals surface area contributed by atoms with E-state index in [1.165, 1.54) is 57.8 Å². The zero-order chi connectivity index (χ0) is 20.2. The lowest BCUT2D eigenvalue weighted by Crippen LogP contribution is -2.21. The SMILES string of the molecule is CC.CCCCC(CCC)C1CCC(c2cc(C)c(SC#N)c(F)c2)CC1. The molecule has 1 aromatic rings. The number of nitrogens with zero attached hydrogens (tertiary/aromatic N) is 1. The maximum absolute atomic E-state index is 14.3. The lowest BCUT2D eigenvalue weighted by atomic mass is 9.71. The predicted molar refractivity (Wildman–Crippen MR) is 117 cm³/mol. The van der Waals surface area contributed by atoms with Crippen molar-refractivity contribution in [3.05, 3.63) is 29.1 Å². The Hall–Kier alpha value is -1.01. The van der Waals surface area contributed by atoms with Crippen LogP contribution >= 0.6 is 11.8 Å². The maximum Gasteiger partial charge on any atom is 0.138 e. The van der Waals surface area contributed by atoms with Crippen molar-refractivity contribution < 1.29 is 4.39 Å². The fourth-order valence-corrected chi connectivity index (χ4v) is 5.01. The van der Waals surface area contributed by atoms with Crippen LogP contribution in [0.15, 0.2) is 17.0 Å². The Morgan fingerprint density at radius 2 is 1.78 bits per heavy atom. The molecule has 0 saturated heterocycles. The fraction of sp³-hybridized carbons (Fsp3) is 0.708. The highest BCUT2D eigenvalue weighted by atomic mass is 32.2. The molecular weight excluding hydrogens is 353 g/mol. The van der Waals surface area contributed by atoms with Crippen molar-refractivity contribution in [1.29, 1.82) is 5.26 Å². The Morgan fingerprint density at radius 1 is 1.11 bits per heavy atom. The van der Waals surface area contributed by atoms with Crippen LogP contribution in [0.2, 0.25) is 0 Å². The molecule has 1 aliphatic carbocycles. The van der Waals surface area contributed by atoms with E-state index in [1.807, 2.05) is 26.2 Å². The number of halogens is 1. The first-order chi connectivity index (χ1) is 13.1. The van der Waals surface area contributed by atoms with Crippen molar-refractivity contribution in [1.82, 2.24) is 0 Å². The summed E-state index contributed by atoms with van der Waals surface area (Å²) in [4.78, 5) is 0.488. The van der Waals surface area contributed by atoms with E-state index in [9.17, 15) is 4.39 Å². The quantitative estimate of drug-likeness (QED) is 0.327. The van der Waals surface area contributed by atoms with Crippen molar-refractivity contribution in [2.24, 2.45) is 11.8 Å². The normalized spacial score (nSPS) is 20.3. The molecule has 0 radical (unpaired) electrons. The molecule has 3 heteroatoms. The monoisotopic (exact) mass is 391 g/mol. The Bertz CT molecular complexity index is 562. The predicted octanol–water partition coefficient (Wildman–Crippen LogP) is 8.61. The average Bonchev–Trinajstić information content (AvgIpc) is 2.69. The van der Waals surface area contributed by atoms with Gasteiger partial charge in [-0.15, -0.1) is 0 Å². The number of thiocyanates is 1. The second kappa shape index (κ2) is 13.2. The van der Waals surface area contributed by atoms with E-state index in [1.54, 1.807) is 6.07 Å². The Kier molecular flexibility index (Phi) is 11.8. The van der Waals surface area contributed by atoms with Gasteiger partial charge < -0.3 is 0 Å². The van der Waals surface area contributed by atoms with E-state index in [0.717, 1.165) is 34.7 Å². The minimum absolute atomic E-state index is 0.226. The fourth-order valence-electron chi connectivity index (χ4n) is 4.54. The van der Waals surface area contributed by atoms with Gasteiger partial charge in [-0.2, -0.15) is 5.26 Å². The van der Waals surface area contributed by atoms with Crippen molar-refractivity contribution >= 4 is 11.8 Å². The first-order valence-corrected chi connectivity index (χ1v) is 11.8. The second-order valence-corrected chi connectivity index (χ2v) is 8.44. The number of aryl methyl sites for hydroxylation is 1. The van der Waals surface area contributed by atoms with Crippen LogP contribution in [0.5, 0.6) is 0 Å². The number of hydrogen-bond acceptors (Lipinski definition) is 2. The molecule has 1 aliphatic rings. The van der Waals surface area contributed by atoms with E-state index in [4.69, 9.17) is 5.26 Å². The van der Waals surface area contributed by atoms with E-state index >= 15 is 0 Å². The van der Waals surface area contributed by atoms with Gasteiger partial charge in [0.1, 0.15) is 11.2 Å². The summed E-state index contributed by atoms with van der Waals surface area (Å²) < 4.78 is 14.3. The zero-order valence-corrected chi connectivity index (χ0v) is 18.8. The molecular formula is C24H38FNS. The molecule has 0 aliphatic heterocycles. The lowest BCUT2D eigenvalue weighted by molar-refractivity contribution is 0.206. The van der Waals surface area contributed by atoms with Gasteiger partial charge in [0.05, 0.1) is 4.90 Å². The molecule has 0 heterocycles. The van der Waals surface area contributed by atoms with Crippen LogP contribution in [0, 0.1) is 35.2 Å². The van der Waals surface area contributed by atoms with Crippen LogP contribution in [-0.2, 0) is 0 Å². The molecule has 1 fully saturated rings. The number of nitriles is 1. The molecule has 0 spiro atoms. The molecule has 1 aromatic carbocycles. The molecule has 1 saturated carbocycles. The number of unbranched alkanes of at least 4 members (excludes halogenated alkanes) is 1. The molecule has 0 amide bonds. The van der Waals surface area contributed by atoms with Crippen LogP contribution in [0.25, 0.3) is 0 Å². The van der Waals surface area contributed by atoms with Gasteiger partial charge in [-0.3, -0.25) is 0 Å². The van der Waals surface area contributed by atoms with Gasteiger partial charge in [0.25, 0.3) is 0 Å². The van der Waals surface area contributed by atoms with Gasteiger partial charge in [0, 0.05) is 0 Å². The lowest BCUT2D eigenvalue weighted by Gasteiger charge is -2.34. The van der Waals surface area contributed by atoms with E-state index in [0.29, 0.717) is 10.8 Å². The van der Waals surface area contributed by atoms with E-state index in [-0.39, 0.29) is 5.82 Å². The molecule has 1 atom stereocenters. The van der Waals surface area contributed by atoms with Crippen molar-refractivity contribution in [3.8, 4) is 5.40 Å². The minimum Gasteiger partial charge on any atom is -0.206 e. The van der Waals surface area contributed by atoms with Crippen LogP contribution in [-0.4, -0.2) is 0 Å². The number of hydrogen-bond donors (Lipinski definition) is 0. The van der Waals surface area contributed by atoms with Crippen molar-refractivity contribution in [2.75, 3.05) is 0 Å². The van der Waals surface area contributed by atoms with Gasteiger partial charge in [-0.25, -0.2) is 4.39 Å². The van der Waals surface area contributed by atoms with Gasteiger partial charge in [-0.1, -0.05) is 65.9 Å². The summed E-state index contributed by atoms with van der Waals surface area (Å²) in [5.74, 6) is 2.01. The highest BCUT2D eigenvalue weighted by Crippen LogP contribution is 2.42. The summed E-state index contributed by atoms with van der Waals surface area (Å²) in [5, 5.41) is 10.8. The second-order valence-electron chi connectivity index (χ2n) is 7.64. The summed E-state index contributed by atoms with van der Waals surface area (Å²) in [5.41, 5.74) is 2.03. The van der Waals surface area contributed by atoms with Crippen LogP contribution in [0.1, 0.15) is 103 Å². The Labute approximate surface area is 171 Å². The Morgan fingerprint density at radius 3 is 2.30 bits per heavy atom.